The lowest BCUT2D eigenvalue weighted by Gasteiger charge is -2.35. The minimum absolute atomic E-state index is 0.799. The van der Waals surface area contributed by atoms with Gasteiger partial charge >= 0.3 is 0 Å². The summed E-state index contributed by atoms with van der Waals surface area (Å²) >= 11 is 0. The fourth-order valence-electron chi connectivity index (χ4n) is 2.88. The second-order valence-corrected chi connectivity index (χ2v) is 5.89. The Labute approximate surface area is 102 Å². The van der Waals surface area contributed by atoms with E-state index in [9.17, 15) is 0 Å². The number of hydrogen-bond acceptors (Lipinski definition) is 2. The molecule has 0 aromatic carbocycles. The van der Waals surface area contributed by atoms with Gasteiger partial charge in [0.1, 0.15) is 0 Å². The minimum Gasteiger partial charge on any atom is -0.330 e. The summed E-state index contributed by atoms with van der Waals surface area (Å²) in [6, 6.07) is 0.844. The highest BCUT2D eigenvalue weighted by atomic mass is 15.1. The molecule has 2 heteroatoms. The van der Waals surface area contributed by atoms with Gasteiger partial charge in [0.05, 0.1) is 0 Å². The molecule has 1 saturated carbocycles. The number of nitrogens with zero attached hydrogens (tertiary/aromatic N) is 1. The summed E-state index contributed by atoms with van der Waals surface area (Å²) in [4.78, 5) is 2.59. The topological polar surface area (TPSA) is 29.3 Å². The Bertz CT molecular complexity index is 174. The molecule has 0 aliphatic heterocycles. The molecular formula is C14H30N2. The molecule has 0 heterocycles. The lowest BCUT2D eigenvalue weighted by Crippen LogP contribution is -2.37. The van der Waals surface area contributed by atoms with Gasteiger partial charge in [-0.25, -0.2) is 0 Å². The maximum absolute atomic E-state index is 5.55. The van der Waals surface area contributed by atoms with E-state index in [0.717, 1.165) is 24.4 Å². The zero-order chi connectivity index (χ0) is 12.0. The van der Waals surface area contributed by atoms with Gasteiger partial charge in [0.15, 0.2) is 0 Å². The van der Waals surface area contributed by atoms with Crippen LogP contribution in [0.4, 0.5) is 0 Å². The van der Waals surface area contributed by atoms with Crippen molar-refractivity contribution in [3.8, 4) is 0 Å². The van der Waals surface area contributed by atoms with Crippen molar-refractivity contribution < 1.29 is 0 Å². The van der Waals surface area contributed by atoms with E-state index in [1.54, 1.807) is 0 Å². The predicted octanol–water partition coefficient (Wildman–Crippen LogP) is 2.87. The summed E-state index contributed by atoms with van der Waals surface area (Å²) in [5, 5.41) is 0. The molecule has 2 nitrogen and oxygen atoms in total. The quantitative estimate of drug-likeness (QED) is 0.754. The molecule has 0 aromatic rings. The summed E-state index contributed by atoms with van der Waals surface area (Å²) in [5.74, 6) is 1.76. The van der Waals surface area contributed by atoms with Gasteiger partial charge in [-0.2, -0.15) is 0 Å². The number of rotatable bonds is 6. The summed E-state index contributed by atoms with van der Waals surface area (Å²) in [6.45, 7) is 6.84. The molecule has 16 heavy (non-hydrogen) atoms. The molecule has 0 saturated heterocycles. The van der Waals surface area contributed by atoms with Gasteiger partial charge in [-0.05, 0) is 64.0 Å². The molecule has 1 aliphatic rings. The van der Waals surface area contributed by atoms with Crippen LogP contribution in [0.3, 0.4) is 0 Å². The molecule has 0 aromatic heterocycles. The van der Waals surface area contributed by atoms with Gasteiger partial charge in [-0.15, -0.1) is 0 Å². The van der Waals surface area contributed by atoms with Crippen LogP contribution in [-0.4, -0.2) is 31.1 Å². The van der Waals surface area contributed by atoms with Crippen LogP contribution >= 0.6 is 0 Å². The minimum atomic E-state index is 0.799. The SMILES string of the molecule is CC1CCC(N(C)CC(C)CCCN)CC1. The monoisotopic (exact) mass is 226 g/mol. The van der Waals surface area contributed by atoms with E-state index >= 15 is 0 Å². The summed E-state index contributed by atoms with van der Waals surface area (Å²) in [6.07, 6.45) is 8.11. The normalized spacial score (nSPS) is 28.3. The molecule has 96 valence electrons. The van der Waals surface area contributed by atoms with Crippen LogP contribution in [0.2, 0.25) is 0 Å². The maximum atomic E-state index is 5.55. The Morgan fingerprint density at radius 3 is 2.44 bits per heavy atom. The molecule has 0 radical (unpaired) electrons. The molecule has 1 rings (SSSR count). The van der Waals surface area contributed by atoms with Gasteiger partial charge in [0, 0.05) is 12.6 Å². The third-order valence-corrected chi connectivity index (χ3v) is 4.11. The van der Waals surface area contributed by atoms with Crippen LogP contribution in [0.1, 0.15) is 52.4 Å². The van der Waals surface area contributed by atoms with Crippen LogP contribution < -0.4 is 5.73 Å². The van der Waals surface area contributed by atoms with Gasteiger partial charge in [-0.3, -0.25) is 0 Å². The summed E-state index contributed by atoms with van der Waals surface area (Å²) in [7, 11) is 2.31. The fraction of sp³-hybridized carbons (Fsp3) is 1.00. The molecule has 1 fully saturated rings. The van der Waals surface area contributed by atoms with Crippen molar-refractivity contribution in [1.82, 2.24) is 4.90 Å². The van der Waals surface area contributed by atoms with Crippen molar-refractivity contribution in [3.63, 3.8) is 0 Å². The Morgan fingerprint density at radius 1 is 1.25 bits per heavy atom. The lowest BCUT2D eigenvalue weighted by atomic mass is 9.86. The zero-order valence-electron chi connectivity index (χ0n) is 11.4. The zero-order valence-corrected chi connectivity index (χ0v) is 11.4. The van der Waals surface area contributed by atoms with Crippen molar-refractivity contribution in [3.05, 3.63) is 0 Å². The van der Waals surface area contributed by atoms with Crippen molar-refractivity contribution in [1.29, 1.82) is 0 Å². The largest absolute Gasteiger partial charge is 0.330 e. The third-order valence-electron chi connectivity index (χ3n) is 4.11. The molecule has 1 atom stereocenters. The Kier molecular flexibility index (Phi) is 6.37. The first-order chi connectivity index (χ1) is 7.63. The highest BCUT2D eigenvalue weighted by molar-refractivity contribution is 4.77. The Balaban J connectivity index is 2.20. The third kappa shape index (κ3) is 4.84. The summed E-state index contributed by atoms with van der Waals surface area (Å²) in [5.41, 5.74) is 5.55. The Hall–Kier alpha value is -0.0800. The average molecular weight is 226 g/mol. The van der Waals surface area contributed by atoms with Gasteiger partial charge in [0.25, 0.3) is 0 Å². The Morgan fingerprint density at radius 2 is 1.88 bits per heavy atom. The molecule has 0 amide bonds. The van der Waals surface area contributed by atoms with E-state index in [4.69, 9.17) is 5.73 Å². The fourth-order valence-corrected chi connectivity index (χ4v) is 2.88. The lowest BCUT2D eigenvalue weighted by molar-refractivity contribution is 0.150. The van der Waals surface area contributed by atoms with Crippen molar-refractivity contribution in [2.45, 2.75) is 58.4 Å². The molecule has 1 aliphatic carbocycles. The van der Waals surface area contributed by atoms with E-state index in [1.165, 1.54) is 45.1 Å². The van der Waals surface area contributed by atoms with Gasteiger partial charge in [-0.1, -0.05) is 13.8 Å². The van der Waals surface area contributed by atoms with Crippen LogP contribution in [0.15, 0.2) is 0 Å². The first kappa shape index (κ1) is 14.0. The first-order valence-corrected chi connectivity index (χ1v) is 7.03. The number of nitrogens with two attached hydrogens (primary N) is 1. The molecule has 0 spiro atoms. The van der Waals surface area contributed by atoms with Crippen LogP contribution in [-0.2, 0) is 0 Å². The van der Waals surface area contributed by atoms with Gasteiger partial charge in [0.2, 0.25) is 0 Å². The second kappa shape index (κ2) is 7.29. The van der Waals surface area contributed by atoms with E-state index in [1.807, 2.05) is 0 Å². The summed E-state index contributed by atoms with van der Waals surface area (Å²) < 4.78 is 0. The van der Waals surface area contributed by atoms with E-state index in [2.05, 4.69) is 25.8 Å². The highest BCUT2D eigenvalue weighted by Crippen LogP contribution is 2.27. The highest BCUT2D eigenvalue weighted by Gasteiger charge is 2.22. The molecule has 1 unspecified atom stereocenters. The standard InChI is InChI=1S/C14H30N2/c1-12-6-8-14(9-7-12)16(3)11-13(2)5-4-10-15/h12-14H,4-11,15H2,1-3H3. The molecule has 2 N–H and O–H groups in total. The van der Waals surface area contributed by atoms with Gasteiger partial charge < -0.3 is 10.6 Å². The van der Waals surface area contributed by atoms with E-state index < -0.39 is 0 Å². The number of hydrogen-bond donors (Lipinski definition) is 1. The smallest absolute Gasteiger partial charge is 0.00925 e. The van der Waals surface area contributed by atoms with E-state index in [-0.39, 0.29) is 0 Å². The first-order valence-electron chi connectivity index (χ1n) is 7.03. The maximum Gasteiger partial charge on any atom is 0.00925 e. The van der Waals surface area contributed by atoms with Crippen molar-refractivity contribution in [2.24, 2.45) is 17.6 Å². The van der Waals surface area contributed by atoms with E-state index in [0.29, 0.717) is 0 Å². The van der Waals surface area contributed by atoms with Crippen LogP contribution in [0, 0.1) is 11.8 Å². The van der Waals surface area contributed by atoms with Crippen molar-refractivity contribution in [2.75, 3.05) is 20.1 Å². The van der Waals surface area contributed by atoms with Crippen LogP contribution in [0.5, 0.6) is 0 Å². The van der Waals surface area contributed by atoms with Crippen molar-refractivity contribution >= 4 is 0 Å². The molecule has 0 bridgehead atoms. The van der Waals surface area contributed by atoms with Crippen LogP contribution in [0.25, 0.3) is 0 Å². The average Bonchev–Trinajstić information content (AvgIpc) is 2.27. The molecular weight excluding hydrogens is 196 g/mol. The predicted molar refractivity (Wildman–Crippen MR) is 71.5 cm³/mol. The second-order valence-electron chi connectivity index (χ2n) is 5.89.